The summed E-state index contributed by atoms with van der Waals surface area (Å²) in [6.45, 7) is -1.11. The van der Waals surface area contributed by atoms with Crippen molar-refractivity contribution in [2.75, 3.05) is 39.6 Å². The molecule has 156 valence electrons. The number of nitrogens with zero attached hydrogens (tertiary/aromatic N) is 2. The first kappa shape index (κ1) is 25.7. The van der Waals surface area contributed by atoms with E-state index >= 15 is 0 Å². The Hall–Kier alpha value is -2.26. The maximum Gasteiger partial charge on any atom is 0.240 e. The fourth-order valence-corrected chi connectivity index (χ4v) is 2.32. The van der Waals surface area contributed by atoms with E-state index in [4.69, 9.17) is 30.6 Å². The molecule has 6 N–H and O–H groups in total. The van der Waals surface area contributed by atoms with Crippen LogP contribution in [0.3, 0.4) is 0 Å². The van der Waals surface area contributed by atoms with Gasteiger partial charge in [0.2, 0.25) is 12.2 Å². The predicted molar refractivity (Wildman–Crippen MR) is 98.7 cm³/mol. The van der Waals surface area contributed by atoms with E-state index in [1.165, 1.54) is 18.2 Å². The summed E-state index contributed by atoms with van der Waals surface area (Å²) in [4.78, 5) is 26.8. The molecule has 1 aromatic carbocycles. The molecular weight excluding hydrogens is 372 g/mol. The van der Waals surface area contributed by atoms with Crippen molar-refractivity contribution in [3.05, 3.63) is 23.8 Å². The van der Waals surface area contributed by atoms with Gasteiger partial charge in [-0.05, 0) is 31.0 Å². The first-order chi connectivity index (χ1) is 13.3. The number of aliphatic imine (C=N–C) groups is 2. The van der Waals surface area contributed by atoms with Crippen LogP contribution in [0, 0.1) is 17.8 Å². The number of rotatable bonds is 10. The highest BCUT2D eigenvalue weighted by Gasteiger charge is 2.40. The topological polar surface area (TPSA) is 180 Å². The molecule has 0 bridgehead atoms. The van der Waals surface area contributed by atoms with Crippen molar-refractivity contribution < 1.29 is 40.2 Å². The normalized spacial score (nSPS) is 11.0. The Labute approximate surface area is 162 Å². The maximum absolute atomic E-state index is 10.00. The van der Waals surface area contributed by atoms with Gasteiger partial charge in [0, 0.05) is 10.8 Å². The van der Waals surface area contributed by atoms with Gasteiger partial charge in [-0.1, -0.05) is 6.07 Å². The maximum atomic E-state index is 10.00. The van der Waals surface area contributed by atoms with E-state index in [1.54, 1.807) is 19.1 Å². The van der Waals surface area contributed by atoms with Crippen molar-refractivity contribution in [3.8, 4) is 0 Å². The lowest BCUT2D eigenvalue weighted by molar-refractivity contribution is -0.0783. The van der Waals surface area contributed by atoms with Gasteiger partial charge in [0.1, 0.15) is 0 Å². The molecule has 0 aliphatic heterocycles. The molecule has 10 nitrogen and oxygen atoms in total. The van der Waals surface area contributed by atoms with Crippen LogP contribution in [0.1, 0.15) is 12.0 Å². The van der Waals surface area contributed by atoms with Crippen molar-refractivity contribution in [1.29, 1.82) is 0 Å². The van der Waals surface area contributed by atoms with E-state index in [-0.39, 0.29) is 6.42 Å². The Kier molecular flexibility index (Phi) is 12.0. The van der Waals surface area contributed by atoms with E-state index in [0.717, 1.165) is 5.56 Å². The molecule has 0 unspecified atom stereocenters. The molecule has 0 aliphatic carbocycles. The van der Waals surface area contributed by atoms with Crippen molar-refractivity contribution in [1.82, 2.24) is 0 Å². The zero-order valence-corrected chi connectivity index (χ0v) is 15.6. The van der Waals surface area contributed by atoms with Crippen LogP contribution in [0.25, 0.3) is 0 Å². The molecule has 0 aromatic heterocycles. The smallest absolute Gasteiger partial charge is 0.240 e. The third-order valence-electron chi connectivity index (χ3n) is 4.30. The Bertz CT molecular complexity index is 654. The standard InChI is InChI=1S/C9H6N2O2.C9H20O6/c1-7-2-3-8(10-5-12)4-9(7)11-6-13;10-2-8(3-11,4-12)1-9(5-13,6-14)7-15/h2-4H,1H3;10-15H,1-7H2. The van der Waals surface area contributed by atoms with Crippen LogP contribution in [0.2, 0.25) is 0 Å². The molecule has 0 heterocycles. The molecule has 0 saturated carbocycles. The van der Waals surface area contributed by atoms with Gasteiger partial charge in [-0.25, -0.2) is 9.59 Å². The Morgan fingerprint density at radius 3 is 1.57 bits per heavy atom. The lowest BCUT2D eigenvalue weighted by Crippen LogP contribution is -2.45. The number of benzene rings is 1. The summed E-state index contributed by atoms with van der Waals surface area (Å²) in [5, 5.41) is 54.4. The molecule has 10 heteroatoms. The molecule has 1 aromatic rings. The zero-order chi connectivity index (χ0) is 21.6. The lowest BCUT2D eigenvalue weighted by atomic mass is 9.73. The Morgan fingerprint density at radius 1 is 0.786 bits per heavy atom. The second kappa shape index (κ2) is 13.0. The minimum absolute atomic E-state index is 0.0625. The average molecular weight is 398 g/mol. The number of isocyanates is 2. The molecule has 0 atom stereocenters. The third kappa shape index (κ3) is 7.40. The minimum Gasteiger partial charge on any atom is -0.396 e. The van der Waals surface area contributed by atoms with E-state index in [0.29, 0.717) is 11.4 Å². The summed E-state index contributed by atoms with van der Waals surface area (Å²) in [6.07, 6.45) is 2.77. The second-order valence-corrected chi connectivity index (χ2v) is 6.50. The monoisotopic (exact) mass is 398 g/mol. The number of aryl methyl sites for hydroxylation is 1. The van der Waals surface area contributed by atoms with Crippen molar-refractivity contribution in [3.63, 3.8) is 0 Å². The summed E-state index contributed by atoms with van der Waals surface area (Å²) in [5.74, 6) is 0. The molecule has 1 rings (SSSR count). The van der Waals surface area contributed by atoms with Gasteiger partial charge in [-0.3, -0.25) is 0 Å². The van der Waals surface area contributed by atoms with E-state index in [9.17, 15) is 9.59 Å². The second-order valence-electron chi connectivity index (χ2n) is 6.50. The van der Waals surface area contributed by atoms with Crippen LogP contribution in [0.5, 0.6) is 0 Å². The van der Waals surface area contributed by atoms with Gasteiger partial charge in [0.25, 0.3) is 0 Å². The first-order valence-electron chi connectivity index (χ1n) is 8.27. The summed E-state index contributed by atoms with van der Waals surface area (Å²) in [6, 6.07) is 4.88. The fourth-order valence-electron chi connectivity index (χ4n) is 2.32. The van der Waals surface area contributed by atoms with Gasteiger partial charge in [0.05, 0.1) is 51.0 Å². The molecule has 0 spiro atoms. The highest BCUT2D eigenvalue weighted by molar-refractivity contribution is 5.61. The van der Waals surface area contributed by atoms with E-state index in [2.05, 4.69) is 9.98 Å². The Balaban J connectivity index is 0.000000525. The largest absolute Gasteiger partial charge is 0.396 e. The van der Waals surface area contributed by atoms with Crippen LogP contribution in [0.15, 0.2) is 28.2 Å². The highest BCUT2D eigenvalue weighted by Crippen LogP contribution is 2.33. The van der Waals surface area contributed by atoms with Crippen molar-refractivity contribution >= 4 is 23.5 Å². The van der Waals surface area contributed by atoms with Crippen LogP contribution in [-0.2, 0) is 9.59 Å². The molecule has 0 fully saturated rings. The van der Waals surface area contributed by atoms with Crippen LogP contribution in [-0.4, -0.2) is 82.4 Å². The molecule has 0 aliphatic rings. The van der Waals surface area contributed by atoms with Gasteiger partial charge >= 0.3 is 0 Å². The predicted octanol–water partition coefficient (Wildman–Crippen LogP) is -0.767. The van der Waals surface area contributed by atoms with Gasteiger partial charge < -0.3 is 30.6 Å². The third-order valence-corrected chi connectivity index (χ3v) is 4.30. The van der Waals surface area contributed by atoms with E-state index < -0.39 is 50.5 Å². The molecular formula is C18H26N2O8. The van der Waals surface area contributed by atoms with Crippen LogP contribution >= 0.6 is 0 Å². The molecule has 0 amide bonds. The number of aliphatic hydroxyl groups excluding tert-OH is 6. The summed E-state index contributed by atoms with van der Waals surface area (Å²) >= 11 is 0. The SMILES string of the molecule is Cc1ccc(N=C=O)cc1N=C=O.OCC(CO)(CO)CC(CO)(CO)CO. The fraction of sp³-hybridized carbons (Fsp3) is 0.556. The minimum atomic E-state index is -1.20. The van der Waals surface area contributed by atoms with E-state index in [1.807, 2.05) is 0 Å². The van der Waals surface area contributed by atoms with Gasteiger partial charge in [-0.2, -0.15) is 9.98 Å². The van der Waals surface area contributed by atoms with Gasteiger partial charge in [-0.15, -0.1) is 0 Å². The number of carbonyl (C=O) groups excluding carboxylic acids is 2. The van der Waals surface area contributed by atoms with Crippen LogP contribution < -0.4 is 0 Å². The summed E-state index contributed by atoms with van der Waals surface area (Å²) in [7, 11) is 0. The zero-order valence-electron chi connectivity index (χ0n) is 15.6. The highest BCUT2D eigenvalue weighted by atomic mass is 16.3. The first-order valence-corrected chi connectivity index (χ1v) is 8.27. The molecule has 28 heavy (non-hydrogen) atoms. The molecule has 0 radical (unpaired) electrons. The number of aliphatic hydroxyl groups is 6. The summed E-state index contributed by atoms with van der Waals surface area (Å²) in [5.41, 5.74) is -0.683. The average Bonchev–Trinajstić information content (AvgIpc) is 2.73. The van der Waals surface area contributed by atoms with Crippen LogP contribution in [0.4, 0.5) is 11.4 Å². The van der Waals surface area contributed by atoms with Gasteiger partial charge in [0.15, 0.2) is 0 Å². The van der Waals surface area contributed by atoms with Crippen molar-refractivity contribution in [2.45, 2.75) is 13.3 Å². The number of hydrogen-bond acceptors (Lipinski definition) is 10. The summed E-state index contributed by atoms with van der Waals surface area (Å²) < 4.78 is 0. The van der Waals surface area contributed by atoms with Crippen molar-refractivity contribution in [2.24, 2.45) is 20.8 Å². The number of hydrogen-bond donors (Lipinski definition) is 6. The quantitative estimate of drug-likeness (QED) is 0.219. The lowest BCUT2D eigenvalue weighted by Gasteiger charge is -2.37. The molecule has 0 saturated heterocycles. The Morgan fingerprint density at radius 2 is 1.21 bits per heavy atom.